The number of carbonyl (C=O) groups excluding carboxylic acids is 1. The lowest BCUT2D eigenvalue weighted by Gasteiger charge is -2.29. The zero-order valence-corrected chi connectivity index (χ0v) is 18.1. The third-order valence-electron chi connectivity index (χ3n) is 5.49. The van der Waals surface area contributed by atoms with Crippen molar-refractivity contribution in [3.63, 3.8) is 0 Å². The Bertz CT molecular complexity index is 992. The molecular formula is C24H28N4O3. The molecule has 162 valence electrons. The monoisotopic (exact) mass is 420 g/mol. The minimum Gasteiger partial charge on any atom is -0.378 e. The van der Waals surface area contributed by atoms with Gasteiger partial charge in [0.05, 0.1) is 13.2 Å². The average Bonchev–Trinajstić information content (AvgIpc) is 3.28. The van der Waals surface area contributed by atoms with Gasteiger partial charge in [0.15, 0.2) is 0 Å². The number of rotatable bonds is 7. The van der Waals surface area contributed by atoms with Crippen molar-refractivity contribution < 1.29 is 14.1 Å². The maximum Gasteiger partial charge on any atom is 0.227 e. The van der Waals surface area contributed by atoms with E-state index in [4.69, 9.17) is 9.26 Å². The molecule has 1 aliphatic heterocycles. The summed E-state index contributed by atoms with van der Waals surface area (Å²) in [7, 11) is 1.82. The highest BCUT2D eigenvalue weighted by atomic mass is 16.5. The average molecular weight is 421 g/mol. The maximum absolute atomic E-state index is 12.6. The van der Waals surface area contributed by atoms with Crippen LogP contribution in [0.25, 0.3) is 11.4 Å². The lowest BCUT2D eigenvalue weighted by Crippen LogP contribution is -2.36. The zero-order chi connectivity index (χ0) is 21.6. The van der Waals surface area contributed by atoms with Crippen LogP contribution in [0.1, 0.15) is 23.4 Å². The standard InChI is InChI=1S/C24H28N4O3/c1-18-3-7-20(8-4-18)24-25-22(31-26-24)11-12-23(29)27(2)17-19-5-9-21(10-6-19)28-13-15-30-16-14-28/h3-10H,11-17H2,1-2H3. The molecule has 0 N–H and O–H groups in total. The highest BCUT2D eigenvalue weighted by molar-refractivity contribution is 5.76. The molecule has 0 bridgehead atoms. The second-order valence-electron chi connectivity index (χ2n) is 7.89. The summed E-state index contributed by atoms with van der Waals surface area (Å²) >= 11 is 0. The minimum atomic E-state index is 0.0485. The topological polar surface area (TPSA) is 71.7 Å². The summed E-state index contributed by atoms with van der Waals surface area (Å²) in [4.78, 5) is 21.0. The number of anilines is 1. The molecule has 0 atom stereocenters. The SMILES string of the molecule is Cc1ccc(-c2noc(CCC(=O)N(C)Cc3ccc(N4CCOCC4)cc3)n2)cc1. The van der Waals surface area contributed by atoms with Crippen molar-refractivity contribution in [1.82, 2.24) is 15.0 Å². The van der Waals surface area contributed by atoms with Gasteiger partial charge >= 0.3 is 0 Å². The minimum absolute atomic E-state index is 0.0485. The molecule has 4 rings (SSSR count). The normalized spacial score (nSPS) is 13.9. The maximum atomic E-state index is 12.6. The molecule has 1 fully saturated rings. The summed E-state index contributed by atoms with van der Waals surface area (Å²) < 4.78 is 10.7. The first kappa shape index (κ1) is 21.1. The molecule has 1 aliphatic rings. The van der Waals surface area contributed by atoms with Crippen LogP contribution in [0, 0.1) is 6.92 Å². The molecule has 0 aliphatic carbocycles. The van der Waals surface area contributed by atoms with Gasteiger partial charge in [0.25, 0.3) is 0 Å². The number of morpholine rings is 1. The van der Waals surface area contributed by atoms with Crippen molar-refractivity contribution in [2.75, 3.05) is 38.3 Å². The van der Waals surface area contributed by atoms with Gasteiger partial charge in [0.2, 0.25) is 17.6 Å². The van der Waals surface area contributed by atoms with E-state index in [1.165, 1.54) is 11.3 Å². The Morgan fingerprint density at radius 2 is 1.77 bits per heavy atom. The van der Waals surface area contributed by atoms with Gasteiger partial charge in [-0.25, -0.2) is 0 Å². The van der Waals surface area contributed by atoms with E-state index >= 15 is 0 Å². The van der Waals surface area contributed by atoms with Gasteiger partial charge in [-0.2, -0.15) is 4.98 Å². The molecule has 1 saturated heterocycles. The number of hydrogen-bond acceptors (Lipinski definition) is 6. The smallest absolute Gasteiger partial charge is 0.227 e. The van der Waals surface area contributed by atoms with Gasteiger partial charge < -0.3 is 19.1 Å². The molecule has 31 heavy (non-hydrogen) atoms. The molecule has 1 amide bonds. The van der Waals surface area contributed by atoms with E-state index in [2.05, 4.69) is 39.3 Å². The van der Waals surface area contributed by atoms with Crippen LogP contribution in [0.3, 0.4) is 0 Å². The van der Waals surface area contributed by atoms with Crippen molar-refractivity contribution in [2.45, 2.75) is 26.3 Å². The van der Waals surface area contributed by atoms with E-state index in [-0.39, 0.29) is 5.91 Å². The van der Waals surface area contributed by atoms with Crippen molar-refractivity contribution in [2.24, 2.45) is 0 Å². The fourth-order valence-corrected chi connectivity index (χ4v) is 3.58. The van der Waals surface area contributed by atoms with Crippen LogP contribution < -0.4 is 4.90 Å². The molecule has 2 heterocycles. The highest BCUT2D eigenvalue weighted by Gasteiger charge is 2.15. The molecule has 3 aromatic rings. The van der Waals surface area contributed by atoms with Crippen molar-refractivity contribution in [3.05, 3.63) is 65.5 Å². The summed E-state index contributed by atoms with van der Waals surface area (Å²) in [6.45, 7) is 5.97. The largest absolute Gasteiger partial charge is 0.378 e. The Labute approximate surface area is 182 Å². The van der Waals surface area contributed by atoms with E-state index in [0.717, 1.165) is 37.4 Å². The van der Waals surface area contributed by atoms with Crippen LogP contribution in [0.5, 0.6) is 0 Å². The second-order valence-corrected chi connectivity index (χ2v) is 7.89. The van der Waals surface area contributed by atoms with Gasteiger partial charge in [-0.15, -0.1) is 0 Å². The Balaban J connectivity index is 1.27. The quantitative estimate of drug-likeness (QED) is 0.583. The fraction of sp³-hybridized carbons (Fsp3) is 0.375. The number of carbonyl (C=O) groups is 1. The first-order chi connectivity index (χ1) is 15.1. The number of aromatic nitrogens is 2. The van der Waals surface area contributed by atoms with Gasteiger partial charge in [0.1, 0.15) is 0 Å². The molecule has 1 aromatic heterocycles. The summed E-state index contributed by atoms with van der Waals surface area (Å²) in [5.41, 5.74) is 4.38. The first-order valence-corrected chi connectivity index (χ1v) is 10.6. The summed E-state index contributed by atoms with van der Waals surface area (Å²) in [5.74, 6) is 1.08. The number of hydrogen-bond donors (Lipinski definition) is 0. The second kappa shape index (κ2) is 9.75. The number of amides is 1. The number of nitrogens with zero attached hydrogens (tertiary/aromatic N) is 4. The van der Waals surface area contributed by atoms with Crippen molar-refractivity contribution in [3.8, 4) is 11.4 Å². The number of benzene rings is 2. The molecule has 7 heteroatoms. The Hall–Kier alpha value is -3.19. The summed E-state index contributed by atoms with van der Waals surface area (Å²) in [5, 5.41) is 4.03. The summed E-state index contributed by atoms with van der Waals surface area (Å²) in [6.07, 6.45) is 0.760. The van der Waals surface area contributed by atoms with Gasteiger partial charge in [0, 0.05) is 50.8 Å². The third-order valence-corrected chi connectivity index (χ3v) is 5.49. The van der Waals surface area contributed by atoms with Crippen LogP contribution >= 0.6 is 0 Å². The van der Waals surface area contributed by atoms with Crippen molar-refractivity contribution >= 4 is 11.6 Å². The van der Waals surface area contributed by atoms with E-state index in [0.29, 0.717) is 31.1 Å². The van der Waals surface area contributed by atoms with Gasteiger partial charge in [-0.05, 0) is 24.6 Å². The summed E-state index contributed by atoms with van der Waals surface area (Å²) in [6, 6.07) is 16.4. The van der Waals surface area contributed by atoms with E-state index < -0.39 is 0 Å². The van der Waals surface area contributed by atoms with Gasteiger partial charge in [-0.1, -0.05) is 47.1 Å². The molecular weight excluding hydrogens is 392 g/mol. The molecule has 2 aromatic carbocycles. The van der Waals surface area contributed by atoms with E-state index in [9.17, 15) is 4.79 Å². The predicted molar refractivity (Wildman–Crippen MR) is 119 cm³/mol. The Kier molecular flexibility index (Phi) is 6.62. The van der Waals surface area contributed by atoms with Gasteiger partial charge in [-0.3, -0.25) is 4.79 Å². The number of ether oxygens (including phenoxy) is 1. The fourth-order valence-electron chi connectivity index (χ4n) is 3.58. The first-order valence-electron chi connectivity index (χ1n) is 10.6. The Morgan fingerprint density at radius 1 is 1.06 bits per heavy atom. The third kappa shape index (κ3) is 5.49. The van der Waals surface area contributed by atoms with Crippen LogP contribution in [-0.4, -0.2) is 54.3 Å². The van der Waals surface area contributed by atoms with E-state index in [1.54, 1.807) is 4.90 Å². The van der Waals surface area contributed by atoms with Crippen molar-refractivity contribution in [1.29, 1.82) is 0 Å². The lowest BCUT2D eigenvalue weighted by molar-refractivity contribution is -0.130. The zero-order valence-electron chi connectivity index (χ0n) is 18.1. The Morgan fingerprint density at radius 3 is 2.48 bits per heavy atom. The molecule has 0 radical (unpaired) electrons. The van der Waals surface area contributed by atoms with Crippen LogP contribution in [-0.2, 0) is 22.5 Å². The van der Waals surface area contributed by atoms with Crippen LogP contribution in [0.2, 0.25) is 0 Å². The predicted octanol–water partition coefficient (Wildman–Crippen LogP) is 3.47. The van der Waals surface area contributed by atoms with Crippen LogP contribution in [0.15, 0.2) is 53.1 Å². The molecule has 7 nitrogen and oxygen atoms in total. The molecule has 0 saturated carbocycles. The lowest BCUT2D eigenvalue weighted by atomic mass is 10.1. The van der Waals surface area contributed by atoms with Crippen LogP contribution in [0.4, 0.5) is 5.69 Å². The number of aryl methyl sites for hydroxylation is 2. The highest BCUT2D eigenvalue weighted by Crippen LogP contribution is 2.19. The molecule has 0 spiro atoms. The van der Waals surface area contributed by atoms with E-state index in [1.807, 2.05) is 38.2 Å². The molecule has 0 unspecified atom stereocenters.